The van der Waals surface area contributed by atoms with Crippen molar-refractivity contribution in [2.45, 2.75) is 32.7 Å². The van der Waals surface area contributed by atoms with E-state index in [0.717, 1.165) is 43.4 Å². The fraction of sp³-hybridized carbons (Fsp3) is 0.625. The summed E-state index contributed by atoms with van der Waals surface area (Å²) in [7, 11) is 0. The summed E-state index contributed by atoms with van der Waals surface area (Å²) in [6, 6.07) is 6.73. The Balaban J connectivity index is 2.09. The maximum Gasteiger partial charge on any atom is 0.161 e. The van der Waals surface area contributed by atoms with Crippen LogP contribution in [0.2, 0.25) is 0 Å². The summed E-state index contributed by atoms with van der Waals surface area (Å²) in [5.74, 6) is 4.08. The third-order valence-electron chi connectivity index (χ3n) is 3.26. The maximum atomic E-state index is 5.78. The fourth-order valence-electron chi connectivity index (χ4n) is 2.26. The second-order valence-corrected chi connectivity index (χ2v) is 6.09. The molecule has 1 N–H and O–H groups in total. The Morgan fingerprint density at radius 1 is 1.20 bits per heavy atom. The Bertz CT molecular complexity index is 411. The minimum absolute atomic E-state index is 0.383. The van der Waals surface area contributed by atoms with Gasteiger partial charge in [-0.05, 0) is 36.4 Å². The third-order valence-corrected chi connectivity index (χ3v) is 4.52. The molecular weight excluding hydrogens is 270 g/mol. The van der Waals surface area contributed by atoms with E-state index >= 15 is 0 Å². The molecule has 0 fully saturated rings. The van der Waals surface area contributed by atoms with Gasteiger partial charge in [0, 0.05) is 18.2 Å². The molecule has 4 heteroatoms. The molecule has 1 aliphatic rings. The molecule has 0 amide bonds. The molecule has 0 aliphatic carbocycles. The van der Waals surface area contributed by atoms with E-state index in [4.69, 9.17) is 9.47 Å². The molecule has 1 aromatic carbocycles. The molecule has 0 saturated heterocycles. The largest absolute Gasteiger partial charge is 0.490 e. The van der Waals surface area contributed by atoms with Gasteiger partial charge in [-0.25, -0.2) is 0 Å². The Morgan fingerprint density at radius 2 is 2.00 bits per heavy atom. The summed E-state index contributed by atoms with van der Waals surface area (Å²) in [6.45, 7) is 6.84. The van der Waals surface area contributed by atoms with Crippen LogP contribution in [0.1, 0.15) is 38.3 Å². The zero-order valence-electron chi connectivity index (χ0n) is 12.5. The number of rotatable bonds is 7. The minimum Gasteiger partial charge on any atom is -0.490 e. The first kappa shape index (κ1) is 15.5. The van der Waals surface area contributed by atoms with Gasteiger partial charge in [0.1, 0.15) is 0 Å². The SMILES string of the molecule is CCCSCC(NCC)c1ccc2c(c1)OCCCO2. The predicted molar refractivity (Wildman–Crippen MR) is 86.1 cm³/mol. The van der Waals surface area contributed by atoms with Crippen molar-refractivity contribution in [3.05, 3.63) is 23.8 Å². The van der Waals surface area contributed by atoms with Gasteiger partial charge in [0.2, 0.25) is 0 Å². The number of fused-ring (bicyclic) bond motifs is 1. The van der Waals surface area contributed by atoms with Crippen LogP contribution in [0, 0.1) is 0 Å². The summed E-state index contributed by atoms with van der Waals surface area (Å²) in [5, 5.41) is 3.56. The molecular formula is C16H25NO2S. The average Bonchev–Trinajstić information content (AvgIpc) is 2.71. The van der Waals surface area contributed by atoms with Crippen molar-refractivity contribution < 1.29 is 9.47 Å². The summed E-state index contributed by atoms with van der Waals surface area (Å²) in [4.78, 5) is 0. The van der Waals surface area contributed by atoms with Gasteiger partial charge in [-0.1, -0.05) is 19.9 Å². The standard InChI is InChI=1S/C16H25NO2S/c1-3-10-20-12-14(17-4-2)13-6-7-15-16(11-13)19-9-5-8-18-15/h6-7,11,14,17H,3-5,8-10,12H2,1-2H3. The number of thioether (sulfide) groups is 1. The van der Waals surface area contributed by atoms with Crippen molar-refractivity contribution in [3.63, 3.8) is 0 Å². The van der Waals surface area contributed by atoms with E-state index in [1.807, 2.05) is 17.8 Å². The zero-order chi connectivity index (χ0) is 14.2. The van der Waals surface area contributed by atoms with Gasteiger partial charge in [0.25, 0.3) is 0 Å². The van der Waals surface area contributed by atoms with Crippen LogP contribution in [-0.4, -0.2) is 31.3 Å². The molecule has 1 atom stereocenters. The highest BCUT2D eigenvalue weighted by Crippen LogP contribution is 2.33. The van der Waals surface area contributed by atoms with Gasteiger partial charge < -0.3 is 14.8 Å². The van der Waals surface area contributed by atoms with Gasteiger partial charge in [-0.3, -0.25) is 0 Å². The Hall–Kier alpha value is -0.870. The number of hydrogen-bond donors (Lipinski definition) is 1. The number of nitrogens with one attached hydrogen (secondary N) is 1. The first-order valence-electron chi connectivity index (χ1n) is 7.55. The molecule has 0 saturated carbocycles. The molecule has 112 valence electrons. The van der Waals surface area contributed by atoms with Crippen LogP contribution < -0.4 is 14.8 Å². The zero-order valence-corrected chi connectivity index (χ0v) is 13.3. The average molecular weight is 295 g/mol. The molecule has 0 radical (unpaired) electrons. The maximum absolute atomic E-state index is 5.78. The van der Waals surface area contributed by atoms with Crippen LogP contribution in [0.3, 0.4) is 0 Å². The van der Waals surface area contributed by atoms with Gasteiger partial charge in [-0.15, -0.1) is 0 Å². The van der Waals surface area contributed by atoms with Crippen molar-refractivity contribution >= 4 is 11.8 Å². The second kappa shape index (κ2) is 8.42. The van der Waals surface area contributed by atoms with E-state index in [1.54, 1.807) is 0 Å². The molecule has 1 unspecified atom stereocenters. The Labute approximate surface area is 126 Å². The molecule has 20 heavy (non-hydrogen) atoms. The van der Waals surface area contributed by atoms with E-state index in [2.05, 4.69) is 31.3 Å². The van der Waals surface area contributed by atoms with Crippen molar-refractivity contribution in [1.29, 1.82) is 0 Å². The van der Waals surface area contributed by atoms with E-state index in [9.17, 15) is 0 Å². The van der Waals surface area contributed by atoms with Crippen LogP contribution in [0.25, 0.3) is 0 Å². The predicted octanol–water partition coefficient (Wildman–Crippen LogP) is 3.64. The quantitative estimate of drug-likeness (QED) is 0.778. The molecule has 2 rings (SSSR count). The summed E-state index contributed by atoms with van der Waals surface area (Å²) in [5.41, 5.74) is 1.29. The lowest BCUT2D eigenvalue weighted by Gasteiger charge is -2.19. The van der Waals surface area contributed by atoms with Crippen molar-refractivity contribution in [2.75, 3.05) is 31.3 Å². The van der Waals surface area contributed by atoms with E-state index in [1.165, 1.54) is 17.7 Å². The third kappa shape index (κ3) is 4.32. The van der Waals surface area contributed by atoms with Crippen LogP contribution in [0.5, 0.6) is 11.5 Å². The van der Waals surface area contributed by atoms with Gasteiger partial charge >= 0.3 is 0 Å². The molecule has 1 aliphatic heterocycles. The lowest BCUT2D eigenvalue weighted by atomic mass is 10.1. The lowest BCUT2D eigenvalue weighted by molar-refractivity contribution is 0.297. The highest BCUT2D eigenvalue weighted by molar-refractivity contribution is 7.99. The highest BCUT2D eigenvalue weighted by Gasteiger charge is 2.15. The van der Waals surface area contributed by atoms with Gasteiger partial charge in [0.15, 0.2) is 11.5 Å². The molecule has 1 heterocycles. The minimum atomic E-state index is 0.383. The van der Waals surface area contributed by atoms with Crippen LogP contribution >= 0.6 is 11.8 Å². The topological polar surface area (TPSA) is 30.5 Å². The van der Waals surface area contributed by atoms with E-state index < -0.39 is 0 Å². The van der Waals surface area contributed by atoms with E-state index in [0.29, 0.717) is 6.04 Å². The molecule has 0 aromatic heterocycles. The second-order valence-electron chi connectivity index (χ2n) is 4.94. The van der Waals surface area contributed by atoms with Crippen LogP contribution in [0.4, 0.5) is 0 Å². The summed E-state index contributed by atoms with van der Waals surface area (Å²) < 4.78 is 11.5. The molecule has 1 aromatic rings. The van der Waals surface area contributed by atoms with Crippen molar-refractivity contribution in [3.8, 4) is 11.5 Å². The van der Waals surface area contributed by atoms with Crippen molar-refractivity contribution in [1.82, 2.24) is 5.32 Å². The summed E-state index contributed by atoms with van der Waals surface area (Å²) in [6.07, 6.45) is 2.18. The monoisotopic (exact) mass is 295 g/mol. The Morgan fingerprint density at radius 3 is 2.75 bits per heavy atom. The number of benzene rings is 1. The van der Waals surface area contributed by atoms with Gasteiger partial charge in [0.05, 0.1) is 13.2 Å². The molecule has 0 bridgehead atoms. The Kier molecular flexibility index (Phi) is 6.54. The normalized spacial score (nSPS) is 15.7. The highest BCUT2D eigenvalue weighted by atomic mass is 32.2. The van der Waals surface area contributed by atoms with E-state index in [-0.39, 0.29) is 0 Å². The first-order chi connectivity index (χ1) is 9.85. The van der Waals surface area contributed by atoms with Crippen LogP contribution in [0.15, 0.2) is 18.2 Å². The first-order valence-corrected chi connectivity index (χ1v) is 8.71. The van der Waals surface area contributed by atoms with Crippen LogP contribution in [-0.2, 0) is 0 Å². The fourth-order valence-corrected chi connectivity index (χ4v) is 3.26. The number of hydrogen-bond acceptors (Lipinski definition) is 4. The lowest BCUT2D eigenvalue weighted by Crippen LogP contribution is -2.23. The molecule has 3 nitrogen and oxygen atoms in total. The van der Waals surface area contributed by atoms with Gasteiger partial charge in [-0.2, -0.15) is 11.8 Å². The molecule has 0 spiro atoms. The smallest absolute Gasteiger partial charge is 0.161 e. The summed E-state index contributed by atoms with van der Waals surface area (Å²) >= 11 is 2.00. The van der Waals surface area contributed by atoms with Crippen molar-refractivity contribution in [2.24, 2.45) is 0 Å². The number of ether oxygens (including phenoxy) is 2.